The molecule has 3 nitrogen and oxygen atoms in total. The predicted molar refractivity (Wildman–Crippen MR) is 70.6 cm³/mol. The molecule has 0 aliphatic rings. The van der Waals surface area contributed by atoms with Gasteiger partial charge in [0.25, 0.3) is 0 Å². The largest absolute Gasteiger partial charge is 0.508 e. The van der Waals surface area contributed by atoms with Gasteiger partial charge in [0, 0.05) is 18.3 Å². The first-order valence-corrected chi connectivity index (χ1v) is 5.32. The maximum atomic E-state index is 9.17. The number of nitrogens with zero attached hydrogens (tertiary/aromatic N) is 1. The van der Waals surface area contributed by atoms with Crippen LogP contribution in [0, 0.1) is 0 Å². The maximum Gasteiger partial charge on any atom is 0.126 e. The number of nitrogens with one attached hydrogen (secondary N) is 1. The lowest BCUT2D eigenvalue weighted by atomic mass is 10.2. The molecule has 0 fully saturated rings. The van der Waals surface area contributed by atoms with E-state index in [-0.39, 0.29) is 5.76 Å². The third-order valence-electron chi connectivity index (χ3n) is 1.93. The van der Waals surface area contributed by atoms with E-state index in [1.165, 1.54) is 0 Å². The molecule has 0 amide bonds. The lowest BCUT2D eigenvalue weighted by molar-refractivity contribution is 0.514. The summed E-state index contributed by atoms with van der Waals surface area (Å²) in [6.45, 7) is 12.5. The summed E-state index contributed by atoms with van der Waals surface area (Å²) in [5.74, 6) is 0.858. The topological polar surface area (TPSA) is 45.2 Å². The second kappa shape index (κ2) is 8.53. The van der Waals surface area contributed by atoms with E-state index < -0.39 is 0 Å². The van der Waals surface area contributed by atoms with Gasteiger partial charge in [0.05, 0.1) is 0 Å². The van der Waals surface area contributed by atoms with Gasteiger partial charge in [-0.3, -0.25) is 0 Å². The van der Waals surface area contributed by atoms with Crippen molar-refractivity contribution in [3.8, 4) is 0 Å². The number of unbranched alkanes of at least 4 members (excludes halogenated alkanes) is 1. The first-order valence-electron chi connectivity index (χ1n) is 5.32. The van der Waals surface area contributed by atoms with Crippen LogP contribution in [0.2, 0.25) is 0 Å². The summed E-state index contributed by atoms with van der Waals surface area (Å²) < 4.78 is 0. The molecule has 0 aliphatic heterocycles. The highest BCUT2D eigenvalue weighted by Crippen LogP contribution is 2.12. The number of aromatic nitrogens is 1. The van der Waals surface area contributed by atoms with Crippen LogP contribution in [-0.4, -0.2) is 16.6 Å². The molecule has 0 saturated carbocycles. The average molecular weight is 220 g/mol. The van der Waals surface area contributed by atoms with Crippen LogP contribution in [0.25, 0.3) is 5.76 Å². The van der Waals surface area contributed by atoms with E-state index in [0.717, 1.165) is 25.2 Å². The number of hydrogen-bond donors (Lipinski definition) is 2. The highest BCUT2D eigenvalue weighted by Gasteiger charge is 1.98. The van der Waals surface area contributed by atoms with E-state index in [1.54, 1.807) is 18.3 Å². The Morgan fingerprint density at radius 2 is 2.19 bits per heavy atom. The second-order valence-electron chi connectivity index (χ2n) is 3.16. The molecule has 3 heteroatoms. The van der Waals surface area contributed by atoms with Gasteiger partial charge in [-0.05, 0) is 18.6 Å². The summed E-state index contributed by atoms with van der Waals surface area (Å²) in [5, 5.41) is 12.3. The molecule has 16 heavy (non-hydrogen) atoms. The van der Waals surface area contributed by atoms with Crippen molar-refractivity contribution in [3.05, 3.63) is 43.6 Å². The van der Waals surface area contributed by atoms with Crippen LogP contribution >= 0.6 is 0 Å². The lowest BCUT2D eigenvalue weighted by Crippen LogP contribution is -2.02. The quantitative estimate of drug-likeness (QED) is 0.452. The van der Waals surface area contributed by atoms with Crippen molar-refractivity contribution in [1.82, 2.24) is 4.98 Å². The molecule has 0 atom stereocenters. The van der Waals surface area contributed by atoms with E-state index in [2.05, 4.69) is 37.0 Å². The summed E-state index contributed by atoms with van der Waals surface area (Å²) in [6.07, 6.45) is 3.93. The number of rotatable bonds is 5. The van der Waals surface area contributed by atoms with Crippen molar-refractivity contribution in [3.63, 3.8) is 0 Å². The molecule has 88 valence electrons. The molecule has 2 N–H and O–H groups in total. The van der Waals surface area contributed by atoms with Gasteiger partial charge in [0.1, 0.15) is 11.6 Å². The van der Waals surface area contributed by atoms with Gasteiger partial charge in [-0.15, -0.1) is 13.2 Å². The van der Waals surface area contributed by atoms with E-state index in [1.807, 2.05) is 0 Å². The van der Waals surface area contributed by atoms with Crippen LogP contribution in [0.3, 0.4) is 0 Å². The zero-order valence-electron chi connectivity index (χ0n) is 9.87. The minimum atomic E-state index is 0.0749. The highest BCUT2D eigenvalue weighted by molar-refractivity contribution is 5.59. The van der Waals surface area contributed by atoms with Gasteiger partial charge < -0.3 is 10.4 Å². The molecule has 0 saturated heterocycles. The first-order chi connectivity index (χ1) is 7.74. The van der Waals surface area contributed by atoms with E-state index in [4.69, 9.17) is 5.11 Å². The number of aliphatic hydroxyl groups is 1. The van der Waals surface area contributed by atoms with Crippen molar-refractivity contribution in [2.45, 2.75) is 19.8 Å². The SMILES string of the molecule is C=C.C=C(O)c1ccnc(NCCCC)c1. The summed E-state index contributed by atoms with van der Waals surface area (Å²) in [7, 11) is 0. The summed E-state index contributed by atoms with van der Waals surface area (Å²) in [4.78, 5) is 4.13. The summed E-state index contributed by atoms with van der Waals surface area (Å²) in [6, 6.07) is 3.52. The first kappa shape index (κ1) is 14.2. The van der Waals surface area contributed by atoms with Crippen LogP contribution < -0.4 is 5.32 Å². The minimum absolute atomic E-state index is 0.0749. The van der Waals surface area contributed by atoms with E-state index >= 15 is 0 Å². The van der Waals surface area contributed by atoms with Gasteiger partial charge in [0.15, 0.2) is 0 Å². The Bertz CT molecular complexity index is 323. The Morgan fingerprint density at radius 3 is 2.75 bits per heavy atom. The molecule has 1 heterocycles. The van der Waals surface area contributed by atoms with Crippen LogP contribution in [0.5, 0.6) is 0 Å². The van der Waals surface area contributed by atoms with Crippen molar-refractivity contribution in [1.29, 1.82) is 0 Å². The molecule has 0 unspecified atom stereocenters. The third kappa shape index (κ3) is 5.20. The summed E-state index contributed by atoms with van der Waals surface area (Å²) >= 11 is 0. The van der Waals surface area contributed by atoms with Crippen molar-refractivity contribution in [2.24, 2.45) is 0 Å². The normalized spacial score (nSPS) is 8.81. The molecule has 0 radical (unpaired) electrons. The van der Waals surface area contributed by atoms with Gasteiger partial charge >= 0.3 is 0 Å². The molecule has 0 bridgehead atoms. The molecular weight excluding hydrogens is 200 g/mol. The van der Waals surface area contributed by atoms with Crippen LogP contribution in [0.15, 0.2) is 38.1 Å². The average Bonchev–Trinajstić information content (AvgIpc) is 2.32. The number of anilines is 1. The van der Waals surface area contributed by atoms with Crippen molar-refractivity contribution < 1.29 is 5.11 Å². The van der Waals surface area contributed by atoms with Crippen molar-refractivity contribution >= 4 is 11.6 Å². The molecule has 1 aromatic rings. The Hall–Kier alpha value is -1.77. The van der Waals surface area contributed by atoms with Crippen LogP contribution in [0.4, 0.5) is 5.82 Å². The molecule has 0 aliphatic carbocycles. The van der Waals surface area contributed by atoms with E-state index in [0.29, 0.717) is 5.56 Å². The highest BCUT2D eigenvalue weighted by atomic mass is 16.3. The Balaban J connectivity index is 0.00000106. The van der Waals surface area contributed by atoms with Crippen LogP contribution in [0.1, 0.15) is 25.3 Å². The standard InChI is InChI=1S/C11H16N2O.C2H4/c1-3-4-6-12-11-8-10(9(2)14)5-7-13-11;1-2/h5,7-8,14H,2-4,6H2,1H3,(H,12,13);1-2H2. The molecule has 0 spiro atoms. The Labute approximate surface area is 97.5 Å². The van der Waals surface area contributed by atoms with Gasteiger partial charge in [-0.1, -0.05) is 19.9 Å². The lowest BCUT2D eigenvalue weighted by Gasteiger charge is -2.05. The third-order valence-corrected chi connectivity index (χ3v) is 1.93. The number of hydrogen-bond acceptors (Lipinski definition) is 3. The van der Waals surface area contributed by atoms with Crippen LogP contribution in [-0.2, 0) is 0 Å². The van der Waals surface area contributed by atoms with Gasteiger partial charge in [-0.2, -0.15) is 0 Å². The Morgan fingerprint density at radius 1 is 1.50 bits per heavy atom. The fourth-order valence-electron chi connectivity index (χ4n) is 1.10. The molecular formula is C13H20N2O. The fourth-order valence-corrected chi connectivity index (χ4v) is 1.10. The zero-order chi connectivity index (χ0) is 12.4. The number of aliphatic hydroxyl groups excluding tert-OH is 1. The smallest absolute Gasteiger partial charge is 0.126 e. The van der Waals surface area contributed by atoms with Gasteiger partial charge in [0.2, 0.25) is 0 Å². The summed E-state index contributed by atoms with van der Waals surface area (Å²) in [5.41, 5.74) is 0.707. The molecule has 1 aromatic heterocycles. The maximum absolute atomic E-state index is 9.17. The minimum Gasteiger partial charge on any atom is -0.508 e. The Kier molecular flexibility index (Phi) is 7.59. The molecule has 1 rings (SSSR count). The fraction of sp³-hybridized carbons (Fsp3) is 0.308. The second-order valence-corrected chi connectivity index (χ2v) is 3.16. The van der Waals surface area contributed by atoms with Gasteiger partial charge in [-0.25, -0.2) is 4.98 Å². The van der Waals surface area contributed by atoms with Crippen molar-refractivity contribution in [2.75, 3.05) is 11.9 Å². The van der Waals surface area contributed by atoms with E-state index in [9.17, 15) is 0 Å². The number of pyridine rings is 1. The molecule has 0 aromatic carbocycles. The monoisotopic (exact) mass is 220 g/mol. The zero-order valence-corrected chi connectivity index (χ0v) is 9.87. The predicted octanol–water partition coefficient (Wildman–Crippen LogP) is 3.62.